The molecule has 21 heavy (non-hydrogen) atoms. The molecule has 0 aliphatic heterocycles. The number of H-pyrrole nitrogens is 1. The van der Waals surface area contributed by atoms with E-state index in [0.29, 0.717) is 11.0 Å². The average molecular weight is 278 g/mol. The van der Waals surface area contributed by atoms with Gasteiger partial charge in [0.1, 0.15) is 5.65 Å². The predicted octanol–water partition coefficient (Wildman–Crippen LogP) is 3.89. The molecule has 0 aliphatic carbocycles. The zero-order valence-corrected chi connectivity index (χ0v) is 12.5. The maximum atomic E-state index is 12.1. The Kier molecular flexibility index (Phi) is 3.13. The van der Waals surface area contributed by atoms with Crippen LogP contribution in [0.15, 0.2) is 53.5 Å². The van der Waals surface area contributed by atoms with Gasteiger partial charge in [-0.15, -0.1) is 0 Å². The van der Waals surface area contributed by atoms with Crippen LogP contribution in [0.1, 0.15) is 26.3 Å². The van der Waals surface area contributed by atoms with E-state index in [1.807, 2.05) is 12.1 Å². The maximum absolute atomic E-state index is 12.1. The Bertz CT molecular complexity index is 839. The number of hydrogen-bond acceptors (Lipinski definition) is 2. The lowest BCUT2D eigenvalue weighted by Crippen LogP contribution is -2.10. The number of benzene rings is 1. The van der Waals surface area contributed by atoms with Crippen molar-refractivity contribution in [2.45, 2.75) is 26.2 Å². The molecule has 3 heteroatoms. The minimum absolute atomic E-state index is 0.00764. The van der Waals surface area contributed by atoms with E-state index in [4.69, 9.17) is 0 Å². The van der Waals surface area contributed by atoms with Crippen LogP contribution in [0.4, 0.5) is 0 Å². The summed E-state index contributed by atoms with van der Waals surface area (Å²) in [6.45, 7) is 6.55. The summed E-state index contributed by atoms with van der Waals surface area (Å²) in [4.78, 5) is 19.6. The molecule has 2 heterocycles. The molecule has 0 atom stereocenters. The molecule has 0 bridgehead atoms. The summed E-state index contributed by atoms with van der Waals surface area (Å²) < 4.78 is 0. The van der Waals surface area contributed by atoms with Crippen LogP contribution in [0.2, 0.25) is 0 Å². The molecular weight excluding hydrogens is 260 g/mol. The molecule has 2 aromatic heterocycles. The van der Waals surface area contributed by atoms with Crippen molar-refractivity contribution in [3.63, 3.8) is 0 Å². The van der Waals surface area contributed by atoms with E-state index in [0.717, 1.165) is 11.3 Å². The number of nitrogens with one attached hydrogen (secondary N) is 1. The Morgan fingerprint density at radius 1 is 1.05 bits per heavy atom. The Labute approximate surface area is 123 Å². The second kappa shape index (κ2) is 4.85. The molecule has 0 saturated heterocycles. The van der Waals surface area contributed by atoms with Crippen molar-refractivity contribution in [3.05, 3.63) is 64.4 Å². The second-order valence-corrected chi connectivity index (χ2v) is 6.27. The van der Waals surface area contributed by atoms with Crippen molar-refractivity contribution in [1.29, 1.82) is 0 Å². The standard InChI is InChI=1S/C18H18N2O/c1-18(2,3)13-8-6-12(7-9-13)15-11-16(21)14-5-4-10-19-17(14)20-15/h4-11H,1-3H3,(H,19,20,21). The van der Waals surface area contributed by atoms with Gasteiger partial charge >= 0.3 is 0 Å². The van der Waals surface area contributed by atoms with Crippen molar-refractivity contribution in [3.8, 4) is 11.3 Å². The van der Waals surface area contributed by atoms with E-state index in [-0.39, 0.29) is 10.8 Å². The predicted molar refractivity (Wildman–Crippen MR) is 86.5 cm³/mol. The molecule has 0 radical (unpaired) electrons. The molecule has 106 valence electrons. The monoisotopic (exact) mass is 278 g/mol. The molecule has 3 aromatic rings. The molecule has 0 amide bonds. The van der Waals surface area contributed by atoms with E-state index in [9.17, 15) is 4.79 Å². The normalized spacial score (nSPS) is 11.8. The van der Waals surface area contributed by atoms with Crippen molar-refractivity contribution in [1.82, 2.24) is 9.97 Å². The fourth-order valence-corrected chi connectivity index (χ4v) is 2.38. The van der Waals surface area contributed by atoms with Gasteiger partial charge in [-0.1, -0.05) is 45.0 Å². The molecular formula is C18H18N2O. The summed E-state index contributed by atoms with van der Waals surface area (Å²) in [5, 5.41) is 0.618. The number of fused-ring (bicyclic) bond motifs is 1. The van der Waals surface area contributed by atoms with Crippen molar-refractivity contribution < 1.29 is 0 Å². The summed E-state index contributed by atoms with van der Waals surface area (Å²) in [7, 11) is 0. The third-order valence-electron chi connectivity index (χ3n) is 3.66. The molecule has 0 unspecified atom stereocenters. The lowest BCUT2D eigenvalue weighted by atomic mass is 9.86. The molecule has 1 N–H and O–H groups in total. The summed E-state index contributed by atoms with van der Waals surface area (Å²) >= 11 is 0. The van der Waals surface area contributed by atoms with Crippen LogP contribution in [-0.2, 0) is 5.41 Å². The Balaban J connectivity index is 2.10. The lowest BCUT2D eigenvalue weighted by Gasteiger charge is -2.19. The highest BCUT2D eigenvalue weighted by atomic mass is 16.1. The van der Waals surface area contributed by atoms with Gasteiger partial charge in [-0.2, -0.15) is 0 Å². The van der Waals surface area contributed by atoms with Gasteiger partial charge in [0.15, 0.2) is 5.43 Å². The van der Waals surface area contributed by atoms with Crippen LogP contribution >= 0.6 is 0 Å². The zero-order valence-electron chi connectivity index (χ0n) is 12.5. The van der Waals surface area contributed by atoms with Gasteiger partial charge < -0.3 is 4.98 Å². The molecule has 0 saturated carbocycles. The van der Waals surface area contributed by atoms with E-state index < -0.39 is 0 Å². The Morgan fingerprint density at radius 2 is 1.76 bits per heavy atom. The van der Waals surface area contributed by atoms with Crippen LogP contribution in [0, 0.1) is 0 Å². The van der Waals surface area contributed by atoms with E-state index in [2.05, 4.69) is 42.9 Å². The first-order valence-corrected chi connectivity index (χ1v) is 7.04. The quantitative estimate of drug-likeness (QED) is 0.734. The van der Waals surface area contributed by atoms with Gasteiger partial charge in [-0.3, -0.25) is 4.79 Å². The van der Waals surface area contributed by atoms with Gasteiger partial charge in [0, 0.05) is 12.3 Å². The maximum Gasteiger partial charge on any atom is 0.191 e. The second-order valence-electron chi connectivity index (χ2n) is 6.27. The molecule has 3 rings (SSSR count). The summed E-state index contributed by atoms with van der Waals surface area (Å²) in [6.07, 6.45) is 1.69. The average Bonchev–Trinajstić information content (AvgIpc) is 2.46. The summed E-state index contributed by atoms with van der Waals surface area (Å²) in [6, 6.07) is 13.5. The number of aromatic amines is 1. The minimum atomic E-state index is -0.00764. The largest absolute Gasteiger partial charge is 0.339 e. The van der Waals surface area contributed by atoms with Gasteiger partial charge in [0.05, 0.1) is 11.1 Å². The summed E-state index contributed by atoms with van der Waals surface area (Å²) in [5.74, 6) is 0. The van der Waals surface area contributed by atoms with E-state index in [1.165, 1.54) is 5.56 Å². The molecule has 0 fully saturated rings. The van der Waals surface area contributed by atoms with Crippen LogP contribution < -0.4 is 5.43 Å². The number of pyridine rings is 2. The lowest BCUT2D eigenvalue weighted by molar-refractivity contribution is 0.590. The molecule has 0 aliphatic rings. The van der Waals surface area contributed by atoms with Crippen LogP contribution in [-0.4, -0.2) is 9.97 Å². The Morgan fingerprint density at radius 3 is 2.43 bits per heavy atom. The smallest absolute Gasteiger partial charge is 0.191 e. The van der Waals surface area contributed by atoms with Crippen LogP contribution in [0.3, 0.4) is 0 Å². The first-order chi connectivity index (χ1) is 9.95. The topological polar surface area (TPSA) is 45.8 Å². The van der Waals surface area contributed by atoms with Crippen molar-refractivity contribution >= 4 is 11.0 Å². The van der Waals surface area contributed by atoms with Gasteiger partial charge in [-0.25, -0.2) is 4.98 Å². The number of hydrogen-bond donors (Lipinski definition) is 1. The summed E-state index contributed by atoms with van der Waals surface area (Å²) in [5.41, 5.74) is 3.80. The first kappa shape index (κ1) is 13.6. The fourth-order valence-electron chi connectivity index (χ4n) is 2.38. The zero-order chi connectivity index (χ0) is 15.0. The third-order valence-corrected chi connectivity index (χ3v) is 3.66. The third kappa shape index (κ3) is 2.59. The highest BCUT2D eigenvalue weighted by Crippen LogP contribution is 2.25. The molecule has 0 spiro atoms. The van der Waals surface area contributed by atoms with Gasteiger partial charge in [-0.05, 0) is 28.7 Å². The molecule has 3 nitrogen and oxygen atoms in total. The SMILES string of the molecule is CC(C)(C)c1ccc(-c2cc(=O)c3cccnc3[nH]2)cc1. The molecule has 1 aromatic carbocycles. The van der Waals surface area contributed by atoms with E-state index >= 15 is 0 Å². The van der Waals surface area contributed by atoms with Crippen LogP contribution in [0.5, 0.6) is 0 Å². The van der Waals surface area contributed by atoms with Gasteiger partial charge in [0.25, 0.3) is 0 Å². The highest BCUT2D eigenvalue weighted by molar-refractivity contribution is 5.77. The highest BCUT2D eigenvalue weighted by Gasteiger charge is 2.13. The van der Waals surface area contributed by atoms with Gasteiger partial charge in [0.2, 0.25) is 0 Å². The van der Waals surface area contributed by atoms with E-state index in [1.54, 1.807) is 24.4 Å². The number of rotatable bonds is 1. The minimum Gasteiger partial charge on any atom is -0.339 e. The fraction of sp³-hybridized carbons (Fsp3) is 0.222. The first-order valence-electron chi connectivity index (χ1n) is 7.04. The number of aromatic nitrogens is 2. The van der Waals surface area contributed by atoms with Crippen LogP contribution in [0.25, 0.3) is 22.3 Å². The number of nitrogens with zero attached hydrogens (tertiary/aromatic N) is 1. The van der Waals surface area contributed by atoms with Crippen molar-refractivity contribution in [2.24, 2.45) is 0 Å². The van der Waals surface area contributed by atoms with Crippen molar-refractivity contribution in [2.75, 3.05) is 0 Å². The Hall–Kier alpha value is -2.42.